The van der Waals surface area contributed by atoms with Gasteiger partial charge in [0.1, 0.15) is 5.82 Å². The zero-order valence-electron chi connectivity index (χ0n) is 13.9. The number of hydrogen-bond donors (Lipinski definition) is 0. The number of sulfonamides is 1. The molecule has 1 aromatic carbocycles. The third-order valence-electron chi connectivity index (χ3n) is 4.31. The van der Waals surface area contributed by atoms with Crippen LogP contribution in [0.4, 0.5) is 5.82 Å². The van der Waals surface area contributed by atoms with Crippen molar-refractivity contribution < 1.29 is 8.42 Å². The van der Waals surface area contributed by atoms with Crippen molar-refractivity contribution in [3.05, 3.63) is 54.2 Å². The minimum atomic E-state index is -3.41. The van der Waals surface area contributed by atoms with Crippen molar-refractivity contribution >= 4 is 15.8 Å². The molecule has 0 N–H and O–H groups in total. The molecule has 6 heteroatoms. The average molecular weight is 345 g/mol. The lowest BCUT2D eigenvalue weighted by Crippen LogP contribution is -2.48. The molecule has 0 atom stereocenters. The molecule has 5 nitrogen and oxygen atoms in total. The number of piperazine rings is 1. The summed E-state index contributed by atoms with van der Waals surface area (Å²) >= 11 is 0. The van der Waals surface area contributed by atoms with Crippen molar-refractivity contribution in [1.29, 1.82) is 0 Å². The Morgan fingerprint density at radius 2 is 1.71 bits per heavy atom. The maximum Gasteiger partial charge on any atom is 0.243 e. The highest BCUT2D eigenvalue weighted by Gasteiger charge is 2.28. The van der Waals surface area contributed by atoms with E-state index in [1.807, 2.05) is 30.3 Å². The van der Waals surface area contributed by atoms with Crippen LogP contribution in [-0.2, 0) is 16.4 Å². The lowest BCUT2D eigenvalue weighted by molar-refractivity contribution is 0.384. The molecule has 3 rings (SSSR count). The minimum absolute atomic E-state index is 0.383. The van der Waals surface area contributed by atoms with Crippen LogP contribution in [0.5, 0.6) is 0 Å². The van der Waals surface area contributed by atoms with Crippen molar-refractivity contribution in [3.8, 4) is 0 Å². The highest BCUT2D eigenvalue weighted by Crippen LogP contribution is 2.20. The Hall–Kier alpha value is -1.92. The predicted octanol–water partition coefficient (Wildman–Crippen LogP) is 2.55. The molecule has 0 saturated carbocycles. The van der Waals surface area contributed by atoms with Gasteiger partial charge in [-0.25, -0.2) is 13.4 Å². The van der Waals surface area contributed by atoms with Crippen LogP contribution in [0.1, 0.15) is 18.9 Å². The summed E-state index contributed by atoms with van der Waals surface area (Å²) in [5.41, 5.74) is 1.18. The van der Waals surface area contributed by atoms with E-state index in [2.05, 4.69) is 16.8 Å². The van der Waals surface area contributed by atoms with Crippen LogP contribution in [0.2, 0.25) is 0 Å². The van der Waals surface area contributed by atoms with Gasteiger partial charge in [0.05, 0.1) is 4.90 Å². The van der Waals surface area contributed by atoms with Crippen LogP contribution in [0.25, 0.3) is 0 Å². The zero-order chi connectivity index (χ0) is 17.0. The Labute approximate surface area is 144 Å². The maximum absolute atomic E-state index is 12.8. The first-order valence-corrected chi connectivity index (χ1v) is 9.80. The summed E-state index contributed by atoms with van der Waals surface area (Å²) in [5.74, 6) is 0.901. The van der Waals surface area contributed by atoms with Crippen LogP contribution in [0.3, 0.4) is 0 Å². The number of anilines is 1. The first kappa shape index (κ1) is 16.9. The fourth-order valence-corrected chi connectivity index (χ4v) is 4.39. The lowest BCUT2D eigenvalue weighted by atomic mass is 10.1. The Kier molecular flexibility index (Phi) is 5.16. The molecular formula is C18H23N3O2S. The van der Waals surface area contributed by atoms with E-state index in [0.717, 1.165) is 18.7 Å². The van der Waals surface area contributed by atoms with Crippen molar-refractivity contribution in [2.45, 2.75) is 24.7 Å². The third kappa shape index (κ3) is 3.60. The van der Waals surface area contributed by atoms with Crippen LogP contribution in [0.15, 0.2) is 53.6 Å². The smallest absolute Gasteiger partial charge is 0.243 e. The summed E-state index contributed by atoms with van der Waals surface area (Å²) in [6.07, 6.45) is 3.79. The molecule has 2 heterocycles. The first-order valence-electron chi connectivity index (χ1n) is 8.36. The number of aryl methyl sites for hydroxylation is 1. The second-order valence-electron chi connectivity index (χ2n) is 5.97. The lowest BCUT2D eigenvalue weighted by Gasteiger charge is -2.34. The summed E-state index contributed by atoms with van der Waals surface area (Å²) in [5, 5.41) is 0. The van der Waals surface area contributed by atoms with Gasteiger partial charge >= 0.3 is 0 Å². The van der Waals surface area contributed by atoms with Crippen molar-refractivity contribution in [1.82, 2.24) is 9.29 Å². The van der Waals surface area contributed by atoms with Gasteiger partial charge in [0, 0.05) is 32.4 Å². The van der Waals surface area contributed by atoms with E-state index in [9.17, 15) is 8.42 Å². The first-order chi connectivity index (χ1) is 11.6. The zero-order valence-corrected chi connectivity index (χ0v) is 14.7. The molecule has 0 aliphatic carbocycles. The number of nitrogens with zero attached hydrogens (tertiary/aromatic N) is 3. The summed E-state index contributed by atoms with van der Waals surface area (Å²) in [4.78, 5) is 6.84. The summed E-state index contributed by atoms with van der Waals surface area (Å²) < 4.78 is 27.2. The van der Waals surface area contributed by atoms with Gasteiger partial charge in [0.25, 0.3) is 0 Å². The molecule has 0 unspecified atom stereocenters. The molecule has 1 aliphatic rings. The standard InChI is InChI=1S/C18H23N3O2S/c1-2-5-16-7-9-17(10-8-16)24(22,23)21-14-12-20(13-15-21)18-6-3-4-11-19-18/h3-4,6-11H,2,5,12-15H2,1H3. The van der Waals surface area contributed by atoms with E-state index < -0.39 is 10.0 Å². The highest BCUT2D eigenvalue weighted by molar-refractivity contribution is 7.89. The molecule has 1 saturated heterocycles. The molecule has 128 valence electrons. The largest absolute Gasteiger partial charge is 0.354 e. The van der Waals surface area contributed by atoms with E-state index in [1.165, 1.54) is 5.56 Å². The van der Waals surface area contributed by atoms with Gasteiger partial charge in [0.15, 0.2) is 0 Å². The molecule has 1 aromatic heterocycles. The Morgan fingerprint density at radius 3 is 2.29 bits per heavy atom. The van der Waals surface area contributed by atoms with Crippen LogP contribution >= 0.6 is 0 Å². The number of hydrogen-bond acceptors (Lipinski definition) is 4. The van der Waals surface area contributed by atoms with Gasteiger partial charge in [-0.05, 0) is 36.2 Å². The summed E-state index contributed by atoms with van der Waals surface area (Å²) in [7, 11) is -3.41. The number of aromatic nitrogens is 1. The Balaban J connectivity index is 1.68. The average Bonchev–Trinajstić information content (AvgIpc) is 2.63. The molecule has 1 fully saturated rings. The third-order valence-corrected chi connectivity index (χ3v) is 6.22. The topological polar surface area (TPSA) is 53.5 Å². The van der Waals surface area contributed by atoms with Crippen LogP contribution in [-0.4, -0.2) is 43.9 Å². The van der Waals surface area contributed by atoms with Gasteiger partial charge in [0.2, 0.25) is 10.0 Å². The van der Waals surface area contributed by atoms with Gasteiger partial charge in [-0.2, -0.15) is 4.31 Å². The molecule has 0 spiro atoms. The van der Waals surface area contributed by atoms with Gasteiger partial charge < -0.3 is 4.90 Å². The van der Waals surface area contributed by atoms with E-state index in [4.69, 9.17) is 0 Å². The van der Waals surface area contributed by atoms with Crippen molar-refractivity contribution in [2.24, 2.45) is 0 Å². The normalized spacial score (nSPS) is 16.3. The SMILES string of the molecule is CCCc1ccc(S(=O)(=O)N2CCN(c3ccccn3)CC2)cc1. The molecule has 0 bridgehead atoms. The van der Waals surface area contributed by atoms with E-state index in [0.29, 0.717) is 31.1 Å². The maximum atomic E-state index is 12.8. The van der Waals surface area contributed by atoms with E-state index in [1.54, 1.807) is 22.6 Å². The Bertz CT molecular complexity index is 753. The predicted molar refractivity (Wildman–Crippen MR) is 95.6 cm³/mol. The number of rotatable bonds is 5. The van der Waals surface area contributed by atoms with Gasteiger partial charge in [-0.15, -0.1) is 0 Å². The Morgan fingerprint density at radius 1 is 1.00 bits per heavy atom. The molecule has 0 radical (unpaired) electrons. The fourth-order valence-electron chi connectivity index (χ4n) is 2.96. The van der Waals surface area contributed by atoms with Crippen molar-refractivity contribution in [2.75, 3.05) is 31.1 Å². The highest BCUT2D eigenvalue weighted by atomic mass is 32.2. The van der Waals surface area contributed by atoms with Crippen molar-refractivity contribution in [3.63, 3.8) is 0 Å². The van der Waals surface area contributed by atoms with Gasteiger partial charge in [-0.1, -0.05) is 31.5 Å². The van der Waals surface area contributed by atoms with Crippen LogP contribution < -0.4 is 4.90 Å². The minimum Gasteiger partial charge on any atom is -0.354 e. The number of pyridine rings is 1. The summed E-state index contributed by atoms with van der Waals surface area (Å²) in [6.45, 7) is 4.39. The van der Waals surface area contributed by atoms with Crippen LogP contribution in [0, 0.1) is 0 Å². The second kappa shape index (κ2) is 7.32. The monoisotopic (exact) mass is 345 g/mol. The van der Waals surface area contributed by atoms with Gasteiger partial charge in [-0.3, -0.25) is 0 Å². The molecule has 24 heavy (non-hydrogen) atoms. The molecule has 0 amide bonds. The second-order valence-corrected chi connectivity index (χ2v) is 7.91. The summed E-state index contributed by atoms with van der Waals surface area (Å²) in [6, 6.07) is 13.1. The number of benzene rings is 1. The van der Waals surface area contributed by atoms with E-state index in [-0.39, 0.29) is 0 Å². The molecule has 1 aliphatic heterocycles. The van der Waals surface area contributed by atoms with E-state index >= 15 is 0 Å². The quantitative estimate of drug-likeness (QED) is 0.836. The fraction of sp³-hybridized carbons (Fsp3) is 0.389. The molecule has 2 aromatic rings. The molecular weight excluding hydrogens is 322 g/mol.